The topological polar surface area (TPSA) is 44.0 Å². The Morgan fingerprint density at radius 3 is 2.21 bits per heavy atom. The smallest absolute Gasteiger partial charge is 0.0991 e. The van der Waals surface area contributed by atoms with Crippen LogP contribution in [-0.2, 0) is 6.61 Å². The van der Waals surface area contributed by atoms with Gasteiger partial charge in [-0.15, -0.1) is 0 Å². The van der Waals surface area contributed by atoms with Crippen LogP contribution in [0.1, 0.15) is 89.3 Å². The zero-order valence-electron chi connectivity index (χ0n) is 16.4. The van der Waals surface area contributed by atoms with Crippen molar-refractivity contribution < 1.29 is 5.11 Å². The van der Waals surface area contributed by atoms with Gasteiger partial charge in [0.05, 0.1) is 18.2 Å². The summed E-state index contributed by atoms with van der Waals surface area (Å²) in [5.74, 6) is 2.05. The Labute approximate surface area is 149 Å². The Hall–Kier alpha value is -1.33. The van der Waals surface area contributed by atoms with Crippen LogP contribution in [0.2, 0.25) is 0 Å². The molecule has 2 heteroatoms. The molecule has 0 amide bonds. The molecule has 0 spiro atoms. The van der Waals surface area contributed by atoms with E-state index in [2.05, 4.69) is 27.7 Å². The van der Waals surface area contributed by atoms with Crippen molar-refractivity contribution in [3.63, 3.8) is 0 Å². The Kier molecular flexibility index (Phi) is 13.3. The van der Waals surface area contributed by atoms with Gasteiger partial charge in [-0.1, -0.05) is 78.7 Å². The Morgan fingerprint density at radius 1 is 1.17 bits per heavy atom. The first-order chi connectivity index (χ1) is 11.5. The second-order valence-corrected chi connectivity index (χ2v) is 6.90. The number of nitrogens with zero attached hydrogens (tertiary/aromatic N) is 1. The molecule has 0 aromatic heterocycles. The standard InChI is InChI=1S/C10H20.C9H9NO.C3H8/c1-3-9(2)10-7-5-4-6-8-10;1-7-2-3-8(5-10)4-9(7)6-11;1-3-2/h9-10H,3-8H2,1-2H3;2-4,11H,6H2,1H3;3H2,1-2H3. The van der Waals surface area contributed by atoms with Crippen molar-refractivity contribution >= 4 is 0 Å². The fraction of sp³-hybridized carbons (Fsp3) is 0.682. The molecule has 1 N–H and O–H groups in total. The van der Waals surface area contributed by atoms with Crippen LogP contribution in [0.5, 0.6) is 0 Å². The maximum Gasteiger partial charge on any atom is 0.0991 e. The lowest BCUT2D eigenvalue weighted by Crippen LogP contribution is -2.14. The Morgan fingerprint density at radius 2 is 1.75 bits per heavy atom. The fourth-order valence-corrected chi connectivity index (χ4v) is 2.95. The van der Waals surface area contributed by atoms with Gasteiger partial charge >= 0.3 is 0 Å². The van der Waals surface area contributed by atoms with Crippen molar-refractivity contribution in [2.24, 2.45) is 11.8 Å². The highest BCUT2D eigenvalue weighted by Gasteiger charge is 2.17. The average Bonchev–Trinajstić information content (AvgIpc) is 2.63. The van der Waals surface area contributed by atoms with Crippen LogP contribution in [-0.4, -0.2) is 5.11 Å². The monoisotopic (exact) mass is 331 g/mol. The lowest BCUT2D eigenvalue weighted by molar-refractivity contribution is 0.258. The minimum atomic E-state index is 0.00134. The second-order valence-electron chi connectivity index (χ2n) is 6.90. The average molecular weight is 332 g/mol. The number of aliphatic hydroxyl groups excluding tert-OH is 1. The molecule has 1 saturated carbocycles. The molecule has 1 aromatic carbocycles. The van der Waals surface area contributed by atoms with E-state index < -0.39 is 0 Å². The quantitative estimate of drug-likeness (QED) is 0.697. The SMILES string of the molecule is CCC.CCC(C)C1CCCCC1.Cc1ccc(C#N)cc1CO. The van der Waals surface area contributed by atoms with E-state index in [-0.39, 0.29) is 6.61 Å². The molecule has 0 heterocycles. The van der Waals surface area contributed by atoms with E-state index in [1.54, 1.807) is 12.1 Å². The van der Waals surface area contributed by atoms with Gasteiger partial charge in [-0.3, -0.25) is 0 Å². The molecule has 1 aliphatic rings. The molecule has 136 valence electrons. The summed E-state index contributed by atoms with van der Waals surface area (Å²) < 4.78 is 0. The van der Waals surface area contributed by atoms with Crippen LogP contribution in [0.3, 0.4) is 0 Å². The molecule has 1 aromatic rings. The molecule has 0 saturated heterocycles. The van der Waals surface area contributed by atoms with E-state index >= 15 is 0 Å². The van der Waals surface area contributed by atoms with E-state index in [0.717, 1.165) is 23.0 Å². The van der Waals surface area contributed by atoms with Gasteiger partial charge in [0.2, 0.25) is 0 Å². The summed E-state index contributed by atoms with van der Waals surface area (Å²) in [6.45, 7) is 10.9. The zero-order chi connectivity index (χ0) is 18.4. The summed E-state index contributed by atoms with van der Waals surface area (Å²) in [7, 11) is 0. The Balaban J connectivity index is 0.000000381. The molecule has 1 atom stereocenters. The normalized spacial score (nSPS) is 15.2. The predicted molar refractivity (Wildman–Crippen MR) is 104 cm³/mol. The van der Waals surface area contributed by atoms with Crippen molar-refractivity contribution in [3.05, 3.63) is 34.9 Å². The first-order valence-corrected chi connectivity index (χ1v) is 9.64. The maximum absolute atomic E-state index is 8.83. The van der Waals surface area contributed by atoms with Gasteiger partial charge < -0.3 is 5.11 Å². The number of benzene rings is 1. The van der Waals surface area contributed by atoms with Gasteiger partial charge in [-0.25, -0.2) is 0 Å². The van der Waals surface area contributed by atoms with Crippen molar-refractivity contribution in [3.8, 4) is 6.07 Å². The van der Waals surface area contributed by atoms with Gasteiger partial charge in [0.1, 0.15) is 0 Å². The number of aliphatic hydroxyl groups is 1. The molecule has 0 radical (unpaired) electrons. The lowest BCUT2D eigenvalue weighted by atomic mass is 9.80. The molecule has 2 nitrogen and oxygen atoms in total. The summed E-state index contributed by atoms with van der Waals surface area (Å²) in [5.41, 5.74) is 2.44. The van der Waals surface area contributed by atoms with Gasteiger partial charge in [-0.2, -0.15) is 5.26 Å². The molecule has 1 aliphatic carbocycles. The summed E-state index contributed by atoms with van der Waals surface area (Å²) in [6, 6.07) is 7.30. The first kappa shape index (κ1) is 22.7. The van der Waals surface area contributed by atoms with E-state index in [9.17, 15) is 0 Å². The Bertz CT molecular complexity index is 469. The maximum atomic E-state index is 8.83. The molecule has 1 fully saturated rings. The number of rotatable bonds is 3. The third-order valence-electron chi connectivity index (χ3n) is 4.75. The van der Waals surface area contributed by atoms with Gasteiger partial charge in [0.25, 0.3) is 0 Å². The van der Waals surface area contributed by atoms with Crippen molar-refractivity contribution in [2.75, 3.05) is 0 Å². The summed E-state index contributed by atoms with van der Waals surface area (Å²) in [6.07, 6.45) is 10.1. The van der Waals surface area contributed by atoms with Gasteiger partial charge in [-0.05, 0) is 42.0 Å². The van der Waals surface area contributed by atoms with E-state index in [1.165, 1.54) is 44.9 Å². The minimum Gasteiger partial charge on any atom is -0.392 e. The molecule has 2 rings (SSSR count). The number of aryl methyl sites for hydroxylation is 1. The highest BCUT2D eigenvalue weighted by atomic mass is 16.3. The molecule has 1 unspecified atom stereocenters. The number of hydrogen-bond acceptors (Lipinski definition) is 2. The highest BCUT2D eigenvalue weighted by molar-refractivity contribution is 5.37. The largest absolute Gasteiger partial charge is 0.392 e. The molecular formula is C22H37NO. The first-order valence-electron chi connectivity index (χ1n) is 9.64. The van der Waals surface area contributed by atoms with Gasteiger partial charge in [0, 0.05) is 0 Å². The molecular weight excluding hydrogens is 294 g/mol. The van der Waals surface area contributed by atoms with Crippen molar-refractivity contribution in [1.29, 1.82) is 5.26 Å². The zero-order valence-corrected chi connectivity index (χ0v) is 16.4. The molecule has 24 heavy (non-hydrogen) atoms. The van der Waals surface area contributed by atoms with Crippen LogP contribution in [0.4, 0.5) is 0 Å². The van der Waals surface area contributed by atoms with E-state index in [1.807, 2.05) is 19.1 Å². The molecule has 0 aliphatic heterocycles. The van der Waals surface area contributed by atoms with Crippen LogP contribution >= 0.6 is 0 Å². The minimum absolute atomic E-state index is 0.00134. The molecule has 0 bridgehead atoms. The van der Waals surface area contributed by atoms with Gasteiger partial charge in [0.15, 0.2) is 0 Å². The third-order valence-corrected chi connectivity index (χ3v) is 4.75. The number of hydrogen-bond donors (Lipinski definition) is 1. The van der Waals surface area contributed by atoms with Crippen LogP contribution in [0.15, 0.2) is 18.2 Å². The lowest BCUT2D eigenvalue weighted by Gasteiger charge is -2.26. The van der Waals surface area contributed by atoms with Crippen LogP contribution in [0, 0.1) is 30.1 Å². The van der Waals surface area contributed by atoms with E-state index in [4.69, 9.17) is 10.4 Å². The van der Waals surface area contributed by atoms with Crippen LogP contribution in [0.25, 0.3) is 0 Å². The summed E-state index contributed by atoms with van der Waals surface area (Å²) in [5, 5.41) is 17.3. The van der Waals surface area contributed by atoms with Crippen LogP contribution < -0.4 is 0 Å². The van der Waals surface area contributed by atoms with Crippen molar-refractivity contribution in [2.45, 2.75) is 86.2 Å². The van der Waals surface area contributed by atoms with E-state index in [0.29, 0.717) is 5.56 Å². The van der Waals surface area contributed by atoms with Crippen molar-refractivity contribution in [1.82, 2.24) is 0 Å². The predicted octanol–water partition coefficient (Wildman–Crippen LogP) is 6.39. The number of nitriles is 1. The third kappa shape index (κ3) is 9.08. The summed E-state index contributed by atoms with van der Waals surface area (Å²) in [4.78, 5) is 0. The fourth-order valence-electron chi connectivity index (χ4n) is 2.95. The second kappa shape index (κ2) is 14.1. The highest BCUT2D eigenvalue weighted by Crippen LogP contribution is 2.30. The summed E-state index contributed by atoms with van der Waals surface area (Å²) >= 11 is 0.